The molecule has 0 aliphatic heterocycles. The van der Waals surface area contributed by atoms with Gasteiger partial charge in [-0.15, -0.1) is 0 Å². The van der Waals surface area contributed by atoms with Gasteiger partial charge in [0.2, 0.25) is 0 Å². The number of carboxylic acid groups (broad SMARTS) is 1. The number of nitrogens with one attached hydrogen (secondary N) is 1. The molecule has 0 saturated carbocycles. The Morgan fingerprint density at radius 3 is 2.46 bits per heavy atom. The van der Waals surface area contributed by atoms with Gasteiger partial charge in [0.1, 0.15) is 11.5 Å². The van der Waals surface area contributed by atoms with Crippen molar-refractivity contribution in [1.82, 2.24) is 0 Å². The molecule has 126 valence electrons. The summed E-state index contributed by atoms with van der Waals surface area (Å²) in [6.45, 7) is 1.81. The van der Waals surface area contributed by atoms with E-state index in [-0.39, 0.29) is 5.91 Å². The van der Waals surface area contributed by atoms with Crippen molar-refractivity contribution in [2.45, 2.75) is 6.92 Å². The minimum atomic E-state index is -1.06. The van der Waals surface area contributed by atoms with Crippen LogP contribution in [0.3, 0.4) is 0 Å². The van der Waals surface area contributed by atoms with Crippen LogP contribution in [0, 0.1) is 0 Å². The molecule has 24 heavy (non-hydrogen) atoms. The van der Waals surface area contributed by atoms with Crippen LogP contribution in [-0.2, 0) is 4.79 Å². The third kappa shape index (κ3) is 4.89. The van der Waals surface area contributed by atoms with Gasteiger partial charge in [0.25, 0.3) is 5.91 Å². The molecule has 0 fully saturated rings. The number of carbonyl (C=O) groups excluding carboxylic acids is 1. The van der Waals surface area contributed by atoms with Gasteiger partial charge in [0, 0.05) is 10.7 Å². The fourth-order valence-electron chi connectivity index (χ4n) is 1.94. The summed E-state index contributed by atoms with van der Waals surface area (Å²) in [5, 5.41) is 11.8. The SMILES string of the molecule is CCOc1cc(Cl)ccc1C(=O)Nc1ccc(OCC(=O)O)cc1. The summed E-state index contributed by atoms with van der Waals surface area (Å²) in [4.78, 5) is 22.8. The van der Waals surface area contributed by atoms with Gasteiger partial charge in [-0.2, -0.15) is 0 Å². The third-order valence-electron chi connectivity index (χ3n) is 2.96. The summed E-state index contributed by atoms with van der Waals surface area (Å²) in [5.41, 5.74) is 0.910. The fraction of sp³-hybridized carbons (Fsp3) is 0.176. The minimum absolute atomic E-state index is 0.339. The molecule has 0 atom stereocenters. The molecule has 0 heterocycles. The number of anilines is 1. The van der Waals surface area contributed by atoms with Crippen LogP contribution in [0.25, 0.3) is 0 Å². The first-order valence-corrected chi connectivity index (χ1v) is 7.55. The largest absolute Gasteiger partial charge is 0.493 e. The van der Waals surface area contributed by atoms with Crippen LogP contribution < -0.4 is 14.8 Å². The van der Waals surface area contributed by atoms with Gasteiger partial charge in [-0.1, -0.05) is 11.6 Å². The standard InChI is InChI=1S/C17H16ClNO5/c1-2-23-15-9-11(18)3-8-14(15)17(22)19-12-4-6-13(7-5-12)24-10-16(20)21/h3-9H,2,10H2,1H3,(H,19,22)(H,20,21). The number of rotatable bonds is 7. The molecule has 1 amide bonds. The van der Waals surface area contributed by atoms with Gasteiger partial charge in [-0.25, -0.2) is 4.79 Å². The lowest BCUT2D eigenvalue weighted by Crippen LogP contribution is -2.14. The van der Waals surface area contributed by atoms with Gasteiger partial charge in [0.05, 0.1) is 12.2 Å². The Balaban J connectivity index is 2.08. The molecule has 2 rings (SSSR count). The van der Waals surface area contributed by atoms with E-state index in [1.165, 1.54) is 0 Å². The smallest absolute Gasteiger partial charge is 0.341 e. The average molecular weight is 350 g/mol. The number of benzene rings is 2. The van der Waals surface area contributed by atoms with Crippen LogP contribution >= 0.6 is 11.6 Å². The van der Waals surface area contributed by atoms with Crippen molar-refractivity contribution in [2.75, 3.05) is 18.5 Å². The number of carboxylic acids is 1. The van der Waals surface area contributed by atoms with Crippen molar-refractivity contribution >= 4 is 29.2 Å². The zero-order chi connectivity index (χ0) is 17.5. The molecule has 0 saturated heterocycles. The Morgan fingerprint density at radius 1 is 1.12 bits per heavy atom. The molecular formula is C17H16ClNO5. The lowest BCUT2D eigenvalue weighted by Gasteiger charge is -2.11. The van der Waals surface area contributed by atoms with Gasteiger partial charge >= 0.3 is 5.97 Å². The first-order chi connectivity index (χ1) is 11.5. The van der Waals surface area contributed by atoms with Gasteiger partial charge in [-0.05, 0) is 49.4 Å². The summed E-state index contributed by atoms with van der Waals surface area (Å²) in [7, 11) is 0. The highest BCUT2D eigenvalue weighted by Gasteiger charge is 2.13. The van der Waals surface area contributed by atoms with Crippen LogP contribution in [0.5, 0.6) is 11.5 Å². The van der Waals surface area contributed by atoms with Crippen LogP contribution in [0.2, 0.25) is 5.02 Å². The molecule has 6 nitrogen and oxygen atoms in total. The Hall–Kier alpha value is -2.73. The molecule has 7 heteroatoms. The van der Waals surface area contributed by atoms with Crippen molar-refractivity contribution in [3.63, 3.8) is 0 Å². The normalized spacial score (nSPS) is 10.1. The van der Waals surface area contributed by atoms with E-state index < -0.39 is 12.6 Å². The maximum atomic E-state index is 12.4. The Kier molecular flexibility index (Phi) is 6.03. The van der Waals surface area contributed by atoms with E-state index in [0.29, 0.717) is 34.4 Å². The fourth-order valence-corrected chi connectivity index (χ4v) is 2.10. The quantitative estimate of drug-likeness (QED) is 0.799. The molecule has 2 aromatic rings. The van der Waals surface area contributed by atoms with Gasteiger partial charge in [-0.3, -0.25) is 4.79 Å². The van der Waals surface area contributed by atoms with Gasteiger partial charge < -0.3 is 19.9 Å². The number of hydrogen-bond acceptors (Lipinski definition) is 4. The number of ether oxygens (including phenoxy) is 2. The minimum Gasteiger partial charge on any atom is -0.493 e. The first kappa shape index (κ1) is 17.6. The Morgan fingerprint density at radius 2 is 1.83 bits per heavy atom. The molecule has 0 unspecified atom stereocenters. The molecule has 0 spiro atoms. The second kappa shape index (κ2) is 8.21. The van der Waals surface area contributed by atoms with Crippen molar-refractivity contribution in [1.29, 1.82) is 0 Å². The van der Waals surface area contributed by atoms with E-state index in [2.05, 4.69) is 5.32 Å². The second-order valence-electron chi connectivity index (χ2n) is 4.73. The Bertz CT molecular complexity index is 730. The van der Waals surface area contributed by atoms with Gasteiger partial charge in [0.15, 0.2) is 6.61 Å². The van der Waals surface area contributed by atoms with Crippen LogP contribution in [0.15, 0.2) is 42.5 Å². The van der Waals surface area contributed by atoms with E-state index in [0.717, 1.165) is 0 Å². The maximum Gasteiger partial charge on any atom is 0.341 e. The zero-order valence-electron chi connectivity index (χ0n) is 12.9. The van der Waals surface area contributed by atoms with Crippen molar-refractivity contribution in [3.8, 4) is 11.5 Å². The molecule has 0 bridgehead atoms. The third-order valence-corrected chi connectivity index (χ3v) is 3.20. The molecule has 0 aromatic heterocycles. The number of carbonyl (C=O) groups is 2. The lowest BCUT2D eigenvalue weighted by molar-refractivity contribution is -0.139. The number of hydrogen-bond donors (Lipinski definition) is 2. The topological polar surface area (TPSA) is 84.9 Å². The van der Waals surface area contributed by atoms with E-state index >= 15 is 0 Å². The van der Waals surface area contributed by atoms with Crippen LogP contribution in [-0.4, -0.2) is 30.2 Å². The van der Waals surface area contributed by atoms with E-state index in [4.69, 9.17) is 26.2 Å². The second-order valence-corrected chi connectivity index (χ2v) is 5.17. The maximum absolute atomic E-state index is 12.4. The summed E-state index contributed by atoms with van der Waals surface area (Å²) in [5.74, 6) is -0.589. The Labute approximate surface area is 144 Å². The highest BCUT2D eigenvalue weighted by molar-refractivity contribution is 6.31. The predicted octanol–water partition coefficient (Wildman–Crippen LogP) is 3.45. The molecule has 0 aliphatic rings. The van der Waals surface area contributed by atoms with E-state index in [1.54, 1.807) is 42.5 Å². The van der Waals surface area contributed by atoms with Crippen molar-refractivity contribution in [3.05, 3.63) is 53.1 Å². The van der Waals surface area contributed by atoms with Crippen LogP contribution in [0.4, 0.5) is 5.69 Å². The summed E-state index contributed by atoms with van der Waals surface area (Å²) in [6, 6.07) is 11.2. The number of aliphatic carboxylic acids is 1. The molecule has 2 aromatic carbocycles. The average Bonchev–Trinajstić information content (AvgIpc) is 2.54. The molecule has 2 N–H and O–H groups in total. The zero-order valence-corrected chi connectivity index (χ0v) is 13.7. The molecular weight excluding hydrogens is 334 g/mol. The van der Waals surface area contributed by atoms with Crippen molar-refractivity contribution in [2.24, 2.45) is 0 Å². The monoisotopic (exact) mass is 349 g/mol. The van der Waals surface area contributed by atoms with E-state index in [9.17, 15) is 9.59 Å². The molecule has 0 radical (unpaired) electrons. The lowest BCUT2D eigenvalue weighted by atomic mass is 10.2. The molecule has 0 aliphatic carbocycles. The highest BCUT2D eigenvalue weighted by Crippen LogP contribution is 2.25. The summed E-state index contributed by atoms with van der Waals surface area (Å²) >= 11 is 5.92. The summed E-state index contributed by atoms with van der Waals surface area (Å²) < 4.78 is 10.5. The predicted molar refractivity (Wildman–Crippen MR) is 90.1 cm³/mol. The number of amides is 1. The first-order valence-electron chi connectivity index (χ1n) is 7.18. The van der Waals surface area contributed by atoms with Crippen molar-refractivity contribution < 1.29 is 24.2 Å². The number of halogens is 1. The van der Waals surface area contributed by atoms with E-state index in [1.807, 2.05) is 6.92 Å². The highest BCUT2D eigenvalue weighted by atomic mass is 35.5. The van der Waals surface area contributed by atoms with Crippen LogP contribution in [0.1, 0.15) is 17.3 Å². The summed E-state index contributed by atoms with van der Waals surface area (Å²) in [6.07, 6.45) is 0.